The van der Waals surface area contributed by atoms with Crippen LogP contribution in [0.4, 0.5) is 0 Å². The molecule has 2 heterocycles. The molecule has 1 aliphatic rings. The molecule has 0 radical (unpaired) electrons. The average molecular weight is 394 g/mol. The third-order valence-corrected chi connectivity index (χ3v) is 4.99. The molecule has 0 spiro atoms. The zero-order chi connectivity index (χ0) is 16.4. The summed E-state index contributed by atoms with van der Waals surface area (Å²) in [4.78, 5) is 6.38. The summed E-state index contributed by atoms with van der Waals surface area (Å²) in [7, 11) is 1.62. The molecule has 0 amide bonds. The van der Waals surface area contributed by atoms with Gasteiger partial charge >= 0.3 is 0 Å². The van der Waals surface area contributed by atoms with E-state index in [-0.39, 0.29) is 5.76 Å². The van der Waals surface area contributed by atoms with E-state index < -0.39 is 0 Å². The van der Waals surface area contributed by atoms with E-state index in [1.54, 1.807) is 12.0 Å². The topological polar surface area (TPSA) is 69.4 Å². The Hall–Kier alpha value is -1.70. The molecule has 3 rings (SSSR count). The zero-order valence-corrected chi connectivity index (χ0v) is 14.9. The molecule has 2 aromatic rings. The van der Waals surface area contributed by atoms with Gasteiger partial charge in [0.25, 0.3) is 0 Å². The fraction of sp³-hybridized carbons (Fsp3) is 0.250. The highest BCUT2D eigenvalue weighted by molar-refractivity contribution is 9.10. The second-order valence-electron chi connectivity index (χ2n) is 5.13. The number of amidine groups is 1. The lowest BCUT2D eigenvalue weighted by atomic mass is 10.2. The number of aliphatic hydroxyl groups is 1. The quantitative estimate of drug-likeness (QED) is 0.810. The number of halogens is 1. The number of nitrogens with one attached hydrogen (secondary N) is 1. The normalized spacial score (nSPS) is 14.9. The monoisotopic (exact) mass is 393 g/mol. The molecule has 0 saturated heterocycles. The molecule has 1 aliphatic heterocycles. The molecule has 1 aromatic carbocycles. The average Bonchev–Trinajstić information content (AvgIpc) is 3.11. The van der Waals surface area contributed by atoms with Crippen LogP contribution in [0.15, 0.2) is 39.9 Å². The van der Waals surface area contributed by atoms with Crippen LogP contribution >= 0.6 is 27.3 Å². The first-order valence-electron chi connectivity index (χ1n) is 7.07. The van der Waals surface area contributed by atoms with E-state index in [9.17, 15) is 5.11 Å². The maximum absolute atomic E-state index is 10.2. The standard InChI is InChI=1S/C16H16BrN3O2S/c1-22-7-6-20-8-13(21)14(15(20)18)16-19-12(9-23-16)10-2-4-11(17)5-3-10/h2-5,9,18,21H,6-8H2,1H3. The second kappa shape index (κ2) is 6.82. The van der Waals surface area contributed by atoms with E-state index >= 15 is 0 Å². The number of thiazole rings is 1. The Morgan fingerprint density at radius 3 is 2.83 bits per heavy atom. The molecule has 0 saturated carbocycles. The highest BCUT2D eigenvalue weighted by Crippen LogP contribution is 2.32. The van der Waals surface area contributed by atoms with Gasteiger partial charge in [0.2, 0.25) is 0 Å². The van der Waals surface area contributed by atoms with Crippen molar-refractivity contribution >= 4 is 38.7 Å². The number of ether oxygens (including phenoxy) is 1. The van der Waals surface area contributed by atoms with Crippen LogP contribution in [0, 0.1) is 5.41 Å². The first kappa shape index (κ1) is 16.2. The maximum Gasteiger partial charge on any atom is 0.135 e. The smallest absolute Gasteiger partial charge is 0.135 e. The van der Waals surface area contributed by atoms with Gasteiger partial charge in [0.05, 0.1) is 24.4 Å². The van der Waals surface area contributed by atoms with E-state index in [0.29, 0.717) is 36.1 Å². The molecule has 120 valence electrons. The zero-order valence-electron chi connectivity index (χ0n) is 12.5. The Balaban J connectivity index is 1.84. The molecule has 23 heavy (non-hydrogen) atoms. The van der Waals surface area contributed by atoms with Gasteiger partial charge in [0, 0.05) is 29.1 Å². The van der Waals surface area contributed by atoms with Crippen molar-refractivity contribution in [1.29, 1.82) is 5.41 Å². The SMILES string of the molecule is COCCN1CC(O)=C(c2nc(-c3ccc(Br)cc3)cs2)C1=N. The predicted octanol–water partition coefficient (Wildman–Crippen LogP) is 3.78. The molecule has 7 heteroatoms. The molecule has 5 nitrogen and oxygen atoms in total. The maximum atomic E-state index is 10.2. The van der Waals surface area contributed by atoms with Crippen molar-refractivity contribution < 1.29 is 9.84 Å². The van der Waals surface area contributed by atoms with Crippen molar-refractivity contribution in [1.82, 2.24) is 9.88 Å². The van der Waals surface area contributed by atoms with Crippen molar-refractivity contribution in [2.75, 3.05) is 26.8 Å². The molecule has 2 N–H and O–H groups in total. The first-order valence-corrected chi connectivity index (χ1v) is 8.74. The number of aliphatic hydroxyl groups excluding tert-OH is 1. The summed E-state index contributed by atoms with van der Waals surface area (Å²) in [5, 5.41) is 21.1. The van der Waals surface area contributed by atoms with Gasteiger partial charge in [-0.15, -0.1) is 11.3 Å². The highest BCUT2D eigenvalue weighted by Gasteiger charge is 2.29. The Kier molecular flexibility index (Phi) is 4.79. The minimum atomic E-state index is 0.197. The molecule has 0 fully saturated rings. The molecule has 0 aliphatic carbocycles. The van der Waals surface area contributed by atoms with Crippen molar-refractivity contribution in [2.24, 2.45) is 0 Å². The fourth-order valence-electron chi connectivity index (χ4n) is 2.39. The van der Waals surface area contributed by atoms with Crippen molar-refractivity contribution in [2.45, 2.75) is 0 Å². The van der Waals surface area contributed by atoms with Crippen molar-refractivity contribution in [3.8, 4) is 11.3 Å². The summed E-state index contributed by atoms with van der Waals surface area (Å²) in [6.45, 7) is 1.43. The van der Waals surface area contributed by atoms with E-state index in [1.165, 1.54) is 11.3 Å². The number of hydrogen-bond donors (Lipinski definition) is 2. The van der Waals surface area contributed by atoms with E-state index in [1.807, 2.05) is 29.6 Å². The summed E-state index contributed by atoms with van der Waals surface area (Å²) < 4.78 is 6.06. The lowest BCUT2D eigenvalue weighted by Crippen LogP contribution is -2.29. The molecule has 1 aromatic heterocycles. The summed E-state index contributed by atoms with van der Waals surface area (Å²) >= 11 is 4.86. The lowest BCUT2D eigenvalue weighted by molar-refractivity contribution is 0.177. The largest absolute Gasteiger partial charge is 0.510 e. The van der Waals surface area contributed by atoms with Crippen LogP contribution in [0.1, 0.15) is 5.01 Å². The van der Waals surface area contributed by atoms with Crippen LogP contribution in [-0.4, -0.2) is 47.6 Å². The van der Waals surface area contributed by atoms with Gasteiger partial charge in [-0.2, -0.15) is 0 Å². The predicted molar refractivity (Wildman–Crippen MR) is 96.0 cm³/mol. The third kappa shape index (κ3) is 3.31. The van der Waals surface area contributed by atoms with Gasteiger partial charge in [-0.25, -0.2) is 4.98 Å². The molecular formula is C16H16BrN3O2S. The van der Waals surface area contributed by atoms with Crippen LogP contribution in [0.2, 0.25) is 0 Å². The van der Waals surface area contributed by atoms with E-state index in [0.717, 1.165) is 15.7 Å². The minimum absolute atomic E-state index is 0.197. The Bertz CT molecular complexity index is 755. The van der Waals surface area contributed by atoms with Crippen LogP contribution in [0.3, 0.4) is 0 Å². The number of aromatic nitrogens is 1. The summed E-state index contributed by atoms with van der Waals surface area (Å²) in [6.07, 6.45) is 0. The fourth-order valence-corrected chi connectivity index (χ4v) is 3.55. The Labute approximate surface area is 146 Å². The van der Waals surface area contributed by atoms with Crippen LogP contribution < -0.4 is 0 Å². The summed E-state index contributed by atoms with van der Waals surface area (Å²) in [5.74, 6) is 0.499. The summed E-state index contributed by atoms with van der Waals surface area (Å²) in [6, 6.07) is 7.91. The Morgan fingerprint density at radius 2 is 2.13 bits per heavy atom. The number of nitrogens with zero attached hydrogens (tertiary/aromatic N) is 2. The van der Waals surface area contributed by atoms with E-state index in [2.05, 4.69) is 20.9 Å². The first-order chi connectivity index (χ1) is 11.1. The van der Waals surface area contributed by atoms with Gasteiger partial charge in [-0.3, -0.25) is 5.41 Å². The Morgan fingerprint density at radius 1 is 1.39 bits per heavy atom. The van der Waals surface area contributed by atoms with Gasteiger partial charge in [-0.05, 0) is 12.1 Å². The minimum Gasteiger partial charge on any atom is -0.510 e. The third-order valence-electron chi connectivity index (χ3n) is 3.61. The number of benzene rings is 1. The number of methoxy groups -OCH3 is 1. The highest BCUT2D eigenvalue weighted by atomic mass is 79.9. The van der Waals surface area contributed by atoms with Crippen molar-refractivity contribution in [3.63, 3.8) is 0 Å². The number of hydrogen-bond acceptors (Lipinski definition) is 5. The van der Waals surface area contributed by atoms with Gasteiger partial charge < -0.3 is 14.7 Å². The van der Waals surface area contributed by atoms with E-state index in [4.69, 9.17) is 10.1 Å². The van der Waals surface area contributed by atoms with Crippen molar-refractivity contribution in [3.05, 3.63) is 44.9 Å². The lowest BCUT2D eigenvalue weighted by Gasteiger charge is -2.17. The van der Waals surface area contributed by atoms with Gasteiger partial charge in [-0.1, -0.05) is 28.1 Å². The summed E-state index contributed by atoms with van der Waals surface area (Å²) in [5.41, 5.74) is 2.38. The van der Waals surface area contributed by atoms with Crippen LogP contribution in [-0.2, 0) is 4.74 Å². The molecule has 0 atom stereocenters. The number of rotatable bonds is 5. The molecular weight excluding hydrogens is 378 g/mol. The van der Waals surface area contributed by atoms with Crippen LogP contribution in [0.5, 0.6) is 0 Å². The molecule has 0 bridgehead atoms. The van der Waals surface area contributed by atoms with Crippen LogP contribution in [0.25, 0.3) is 16.8 Å². The van der Waals surface area contributed by atoms with Gasteiger partial charge in [0.15, 0.2) is 0 Å². The second-order valence-corrected chi connectivity index (χ2v) is 6.90. The van der Waals surface area contributed by atoms with Gasteiger partial charge in [0.1, 0.15) is 16.6 Å². The molecule has 0 unspecified atom stereocenters.